The number of hydrogen-bond acceptors (Lipinski definition) is 4. The Labute approximate surface area is 177 Å². The van der Waals surface area contributed by atoms with E-state index in [4.69, 9.17) is 0 Å². The Balaban J connectivity index is 1.66. The fourth-order valence-corrected chi connectivity index (χ4v) is 4.16. The van der Waals surface area contributed by atoms with Crippen LogP contribution >= 0.6 is 11.8 Å². The number of anilines is 1. The van der Waals surface area contributed by atoms with E-state index in [1.807, 2.05) is 44.4 Å². The number of rotatable bonds is 7. The van der Waals surface area contributed by atoms with Crippen LogP contribution in [0.1, 0.15) is 28.7 Å². The Morgan fingerprint density at radius 3 is 2.52 bits per heavy atom. The van der Waals surface area contributed by atoms with Gasteiger partial charge in [0.2, 0.25) is 11.8 Å². The number of thioether (sulfide) groups is 1. The molecule has 154 valence electrons. The van der Waals surface area contributed by atoms with Crippen LogP contribution < -0.4 is 16.0 Å². The summed E-state index contributed by atoms with van der Waals surface area (Å²) in [5.74, 6) is 0.501. The second kappa shape index (κ2) is 9.94. The van der Waals surface area contributed by atoms with E-state index in [2.05, 4.69) is 34.1 Å². The Bertz CT molecular complexity index is 864. The van der Waals surface area contributed by atoms with Gasteiger partial charge in [0.15, 0.2) is 0 Å². The number of amides is 2. The summed E-state index contributed by atoms with van der Waals surface area (Å²) in [5, 5.41) is 9.24. The van der Waals surface area contributed by atoms with E-state index in [0.717, 1.165) is 22.6 Å². The van der Waals surface area contributed by atoms with Crippen molar-refractivity contribution in [3.63, 3.8) is 0 Å². The lowest BCUT2D eigenvalue weighted by atomic mass is 9.95. The van der Waals surface area contributed by atoms with E-state index in [1.165, 1.54) is 11.1 Å². The monoisotopic (exact) mass is 411 g/mol. The van der Waals surface area contributed by atoms with Crippen molar-refractivity contribution >= 4 is 29.3 Å². The number of hydrogen-bond donors (Lipinski definition) is 3. The average molecular weight is 412 g/mol. The fourth-order valence-electron chi connectivity index (χ4n) is 3.69. The van der Waals surface area contributed by atoms with Gasteiger partial charge in [-0.15, -0.1) is 0 Å². The average Bonchev–Trinajstić information content (AvgIpc) is 2.69. The highest BCUT2D eigenvalue weighted by Gasteiger charge is 2.28. The molecule has 0 aliphatic carbocycles. The molecule has 2 amide bonds. The van der Waals surface area contributed by atoms with Crippen LogP contribution in [0.2, 0.25) is 0 Å². The summed E-state index contributed by atoms with van der Waals surface area (Å²) in [6.07, 6.45) is 3.23. The number of aryl methyl sites for hydroxylation is 2. The van der Waals surface area contributed by atoms with Crippen molar-refractivity contribution in [2.45, 2.75) is 45.3 Å². The molecule has 0 spiro atoms. The van der Waals surface area contributed by atoms with Crippen LogP contribution in [0.3, 0.4) is 0 Å². The Hall–Kier alpha value is -2.31. The van der Waals surface area contributed by atoms with Gasteiger partial charge in [0.1, 0.15) is 6.04 Å². The largest absolute Gasteiger partial charge is 0.343 e. The molecule has 2 aromatic carbocycles. The fraction of sp³-hybridized carbons (Fsp3) is 0.391. The molecule has 29 heavy (non-hydrogen) atoms. The summed E-state index contributed by atoms with van der Waals surface area (Å²) < 4.78 is 0. The molecule has 3 N–H and O–H groups in total. The zero-order valence-corrected chi connectivity index (χ0v) is 18.1. The van der Waals surface area contributed by atoms with E-state index in [1.54, 1.807) is 11.8 Å². The van der Waals surface area contributed by atoms with Gasteiger partial charge in [-0.2, -0.15) is 11.8 Å². The first-order valence-electron chi connectivity index (χ1n) is 9.95. The van der Waals surface area contributed by atoms with Gasteiger partial charge in [-0.1, -0.05) is 30.3 Å². The third-order valence-electron chi connectivity index (χ3n) is 5.13. The zero-order valence-electron chi connectivity index (χ0n) is 17.2. The smallest absolute Gasteiger partial charge is 0.246 e. The molecule has 0 unspecified atom stereocenters. The molecule has 0 radical (unpaired) electrons. The van der Waals surface area contributed by atoms with Crippen molar-refractivity contribution < 1.29 is 9.59 Å². The van der Waals surface area contributed by atoms with Crippen LogP contribution in [-0.2, 0) is 22.6 Å². The van der Waals surface area contributed by atoms with Crippen LogP contribution in [0.25, 0.3) is 0 Å². The molecule has 0 bridgehead atoms. The minimum atomic E-state index is -0.560. The Kier molecular flexibility index (Phi) is 7.34. The van der Waals surface area contributed by atoms with Gasteiger partial charge in [0.25, 0.3) is 0 Å². The van der Waals surface area contributed by atoms with Gasteiger partial charge in [0.05, 0.1) is 6.04 Å². The maximum atomic E-state index is 12.9. The van der Waals surface area contributed by atoms with Crippen LogP contribution in [0, 0.1) is 13.8 Å². The lowest BCUT2D eigenvalue weighted by Crippen LogP contribution is -2.53. The highest BCUT2D eigenvalue weighted by Crippen LogP contribution is 2.17. The lowest BCUT2D eigenvalue weighted by Gasteiger charge is -2.27. The minimum Gasteiger partial charge on any atom is -0.343 e. The first-order chi connectivity index (χ1) is 14.0. The van der Waals surface area contributed by atoms with E-state index in [-0.39, 0.29) is 17.9 Å². The van der Waals surface area contributed by atoms with Crippen LogP contribution in [0.4, 0.5) is 5.69 Å². The van der Waals surface area contributed by atoms with Crippen molar-refractivity contribution in [2.24, 2.45) is 0 Å². The molecule has 1 aliphatic heterocycles. The van der Waals surface area contributed by atoms with Crippen LogP contribution in [0.5, 0.6) is 0 Å². The van der Waals surface area contributed by atoms with Gasteiger partial charge >= 0.3 is 0 Å². The number of nitrogens with one attached hydrogen (secondary N) is 3. The zero-order chi connectivity index (χ0) is 20.8. The van der Waals surface area contributed by atoms with Gasteiger partial charge in [-0.25, -0.2) is 0 Å². The van der Waals surface area contributed by atoms with Crippen molar-refractivity contribution in [3.05, 3.63) is 64.7 Å². The molecule has 5 nitrogen and oxygen atoms in total. The topological polar surface area (TPSA) is 70.2 Å². The second-order valence-electron chi connectivity index (χ2n) is 7.61. The van der Waals surface area contributed by atoms with Crippen LogP contribution in [-0.4, -0.2) is 35.9 Å². The number of benzene rings is 2. The van der Waals surface area contributed by atoms with E-state index in [0.29, 0.717) is 19.4 Å². The number of carbonyl (C=O) groups excluding carboxylic acids is 2. The SMILES string of the molecule is CSCC[C@@H](NC(=O)[C@H]1Cc2ccccc2CN1)C(=O)Nc1cc(C)cc(C)c1. The van der Waals surface area contributed by atoms with Crippen LogP contribution in [0.15, 0.2) is 42.5 Å². The van der Waals surface area contributed by atoms with Crippen molar-refractivity contribution in [1.82, 2.24) is 10.6 Å². The second-order valence-corrected chi connectivity index (χ2v) is 8.60. The molecule has 2 atom stereocenters. The van der Waals surface area contributed by atoms with Gasteiger partial charge < -0.3 is 16.0 Å². The van der Waals surface area contributed by atoms with Crippen molar-refractivity contribution in [2.75, 3.05) is 17.3 Å². The van der Waals surface area contributed by atoms with E-state index < -0.39 is 6.04 Å². The maximum absolute atomic E-state index is 12.9. The molecule has 1 heterocycles. The standard InChI is InChI=1S/C23H29N3O2S/c1-15-10-16(2)12-19(11-15)25-22(27)20(8-9-29-3)26-23(28)21-13-17-6-4-5-7-18(17)14-24-21/h4-7,10-12,20-21,24H,8-9,13-14H2,1-3H3,(H,25,27)(H,26,28)/t20-,21-/m1/s1. The Morgan fingerprint density at radius 1 is 1.14 bits per heavy atom. The molecule has 0 aromatic heterocycles. The first-order valence-corrected chi connectivity index (χ1v) is 11.3. The van der Waals surface area contributed by atoms with Gasteiger partial charge in [0, 0.05) is 12.2 Å². The van der Waals surface area contributed by atoms with E-state index >= 15 is 0 Å². The summed E-state index contributed by atoms with van der Waals surface area (Å²) >= 11 is 1.67. The van der Waals surface area contributed by atoms with Gasteiger partial charge in [-0.3, -0.25) is 9.59 Å². The molecular formula is C23H29N3O2S. The molecule has 0 fully saturated rings. The van der Waals surface area contributed by atoms with Crippen molar-refractivity contribution in [3.8, 4) is 0 Å². The molecule has 0 saturated heterocycles. The van der Waals surface area contributed by atoms with Crippen molar-refractivity contribution in [1.29, 1.82) is 0 Å². The highest BCUT2D eigenvalue weighted by molar-refractivity contribution is 7.98. The lowest BCUT2D eigenvalue weighted by molar-refractivity contribution is -0.128. The normalized spacial score (nSPS) is 16.6. The first kappa shape index (κ1) is 21.4. The summed E-state index contributed by atoms with van der Waals surface area (Å²) in [6.45, 7) is 4.67. The third-order valence-corrected chi connectivity index (χ3v) is 5.77. The summed E-state index contributed by atoms with van der Waals surface area (Å²) in [6, 6.07) is 13.2. The number of carbonyl (C=O) groups is 2. The number of fused-ring (bicyclic) bond motifs is 1. The molecule has 0 saturated carbocycles. The summed E-state index contributed by atoms with van der Waals surface area (Å²) in [7, 11) is 0. The maximum Gasteiger partial charge on any atom is 0.246 e. The molecule has 1 aliphatic rings. The quantitative estimate of drug-likeness (QED) is 0.654. The molecular weight excluding hydrogens is 382 g/mol. The highest BCUT2D eigenvalue weighted by atomic mass is 32.2. The molecule has 6 heteroatoms. The Morgan fingerprint density at radius 2 is 1.83 bits per heavy atom. The summed E-state index contributed by atoms with van der Waals surface area (Å²) in [5.41, 5.74) is 5.36. The minimum absolute atomic E-state index is 0.124. The van der Waals surface area contributed by atoms with E-state index in [9.17, 15) is 9.59 Å². The predicted molar refractivity (Wildman–Crippen MR) is 120 cm³/mol. The molecule has 2 aromatic rings. The predicted octanol–water partition coefficient (Wildman–Crippen LogP) is 3.19. The molecule has 3 rings (SSSR count). The third kappa shape index (κ3) is 5.84. The summed E-state index contributed by atoms with van der Waals surface area (Å²) in [4.78, 5) is 25.8. The van der Waals surface area contributed by atoms with Gasteiger partial charge in [-0.05, 0) is 73.1 Å².